The average molecular weight is 262 g/mol. The lowest BCUT2D eigenvalue weighted by Gasteiger charge is -2.26. The van der Waals surface area contributed by atoms with Crippen LogP contribution in [0.4, 0.5) is 0 Å². The van der Waals surface area contributed by atoms with Gasteiger partial charge in [0.15, 0.2) is 0 Å². The first-order chi connectivity index (χ1) is 8.95. The standard InChI is InChI=1S/C16H26N2O/c1-5-18(16(19)15(17)10-12(2)3)11-14-9-7-6-8-13(14)4/h6-9,12,15H,5,10-11,17H2,1-4H3/t15-/m1/s1. The number of nitrogens with two attached hydrogens (primary N) is 1. The van der Waals surface area contributed by atoms with Crippen molar-refractivity contribution in [3.8, 4) is 0 Å². The summed E-state index contributed by atoms with van der Waals surface area (Å²) in [5.41, 5.74) is 8.40. The molecule has 0 aliphatic carbocycles. The Hall–Kier alpha value is -1.35. The Morgan fingerprint density at radius 3 is 2.47 bits per heavy atom. The first-order valence-electron chi connectivity index (χ1n) is 7.04. The molecule has 0 aliphatic heterocycles. The molecule has 0 spiro atoms. The lowest BCUT2D eigenvalue weighted by molar-refractivity contribution is -0.133. The van der Waals surface area contributed by atoms with Gasteiger partial charge in [0.25, 0.3) is 0 Å². The van der Waals surface area contributed by atoms with E-state index < -0.39 is 0 Å². The number of carbonyl (C=O) groups excluding carboxylic acids is 1. The number of aryl methyl sites for hydroxylation is 1. The molecule has 3 heteroatoms. The number of amides is 1. The van der Waals surface area contributed by atoms with Gasteiger partial charge >= 0.3 is 0 Å². The van der Waals surface area contributed by atoms with Crippen LogP contribution in [0, 0.1) is 12.8 Å². The summed E-state index contributed by atoms with van der Waals surface area (Å²) in [4.78, 5) is 14.2. The number of hydrogen-bond acceptors (Lipinski definition) is 2. The monoisotopic (exact) mass is 262 g/mol. The Kier molecular flexibility index (Phi) is 6.03. The molecular formula is C16H26N2O. The highest BCUT2D eigenvalue weighted by molar-refractivity contribution is 5.81. The molecule has 0 heterocycles. The van der Waals surface area contributed by atoms with Gasteiger partial charge in [-0.1, -0.05) is 38.1 Å². The molecule has 1 rings (SSSR count). The van der Waals surface area contributed by atoms with Crippen LogP contribution in [0.25, 0.3) is 0 Å². The summed E-state index contributed by atoms with van der Waals surface area (Å²) >= 11 is 0. The van der Waals surface area contributed by atoms with Gasteiger partial charge in [-0.05, 0) is 37.3 Å². The van der Waals surface area contributed by atoms with Gasteiger partial charge in [0.1, 0.15) is 0 Å². The minimum absolute atomic E-state index is 0.0550. The maximum Gasteiger partial charge on any atom is 0.239 e. The van der Waals surface area contributed by atoms with Crippen LogP contribution < -0.4 is 5.73 Å². The summed E-state index contributed by atoms with van der Waals surface area (Å²) in [6.45, 7) is 9.59. The van der Waals surface area contributed by atoms with Gasteiger partial charge < -0.3 is 10.6 Å². The van der Waals surface area contributed by atoms with Gasteiger partial charge in [-0.3, -0.25) is 4.79 Å². The van der Waals surface area contributed by atoms with E-state index in [-0.39, 0.29) is 11.9 Å². The summed E-state index contributed by atoms with van der Waals surface area (Å²) in [7, 11) is 0. The molecule has 0 saturated heterocycles. The Morgan fingerprint density at radius 2 is 1.95 bits per heavy atom. The highest BCUT2D eigenvalue weighted by Crippen LogP contribution is 2.12. The van der Waals surface area contributed by atoms with E-state index in [4.69, 9.17) is 5.73 Å². The zero-order chi connectivity index (χ0) is 14.4. The van der Waals surface area contributed by atoms with E-state index in [9.17, 15) is 4.79 Å². The zero-order valence-corrected chi connectivity index (χ0v) is 12.5. The van der Waals surface area contributed by atoms with E-state index in [1.807, 2.05) is 24.0 Å². The molecule has 0 unspecified atom stereocenters. The van der Waals surface area contributed by atoms with Gasteiger partial charge in [0.05, 0.1) is 6.04 Å². The number of rotatable bonds is 6. The molecule has 19 heavy (non-hydrogen) atoms. The molecule has 0 fully saturated rings. The minimum atomic E-state index is -0.385. The van der Waals surface area contributed by atoms with Crippen molar-refractivity contribution in [3.05, 3.63) is 35.4 Å². The SMILES string of the molecule is CCN(Cc1ccccc1C)C(=O)[C@H](N)CC(C)C. The maximum absolute atomic E-state index is 12.3. The number of benzene rings is 1. The fraction of sp³-hybridized carbons (Fsp3) is 0.562. The Labute approximate surface area is 116 Å². The number of likely N-dealkylation sites (N-methyl/N-ethyl adjacent to an activating group) is 1. The number of hydrogen-bond donors (Lipinski definition) is 1. The Balaban J connectivity index is 2.73. The van der Waals surface area contributed by atoms with Crippen molar-refractivity contribution < 1.29 is 4.79 Å². The fourth-order valence-electron chi connectivity index (χ4n) is 2.18. The topological polar surface area (TPSA) is 46.3 Å². The van der Waals surface area contributed by atoms with Crippen LogP contribution in [0.3, 0.4) is 0 Å². The van der Waals surface area contributed by atoms with Crippen molar-refractivity contribution in [2.24, 2.45) is 11.7 Å². The van der Waals surface area contributed by atoms with Crippen LogP contribution in [0.15, 0.2) is 24.3 Å². The molecule has 106 valence electrons. The molecule has 3 nitrogen and oxygen atoms in total. The van der Waals surface area contributed by atoms with Gasteiger partial charge in [-0.25, -0.2) is 0 Å². The van der Waals surface area contributed by atoms with Crippen molar-refractivity contribution in [3.63, 3.8) is 0 Å². The first-order valence-corrected chi connectivity index (χ1v) is 7.04. The van der Waals surface area contributed by atoms with Crippen molar-refractivity contribution in [2.45, 2.75) is 46.7 Å². The predicted molar refractivity (Wildman–Crippen MR) is 79.7 cm³/mol. The molecule has 0 bridgehead atoms. The quantitative estimate of drug-likeness (QED) is 0.857. The highest BCUT2D eigenvalue weighted by atomic mass is 16.2. The third-order valence-corrected chi connectivity index (χ3v) is 3.36. The maximum atomic E-state index is 12.3. The lowest BCUT2D eigenvalue weighted by Crippen LogP contribution is -2.44. The molecule has 0 saturated carbocycles. The first kappa shape index (κ1) is 15.7. The van der Waals surface area contributed by atoms with Gasteiger partial charge in [-0.15, -0.1) is 0 Å². The predicted octanol–water partition coefficient (Wildman–Crippen LogP) is 2.72. The zero-order valence-electron chi connectivity index (χ0n) is 12.5. The smallest absolute Gasteiger partial charge is 0.239 e. The second-order valence-corrected chi connectivity index (χ2v) is 5.51. The number of nitrogens with zero attached hydrogens (tertiary/aromatic N) is 1. The van der Waals surface area contributed by atoms with E-state index in [2.05, 4.69) is 32.9 Å². The van der Waals surface area contributed by atoms with E-state index in [1.165, 1.54) is 11.1 Å². The van der Waals surface area contributed by atoms with Crippen LogP contribution in [0.2, 0.25) is 0 Å². The Bertz CT molecular complexity index is 415. The molecule has 2 N–H and O–H groups in total. The molecule has 0 aromatic heterocycles. The van der Waals surface area contributed by atoms with Crippen LogP contribution >= 0.6 is 0 Å². The molecule has 0 radical (unpaired) electrons. The summed E-state index contributed by atoms with van der Waals surface area (Å²) in [5.74, 6) is 0.496. The van der Waals surface area contributed by atoms with Crippen LogP contribution in [0.1, 0.15) is 38.3 Å². The van der Waals surface area contributed by atoms with Crippen molar-refractivity contribution in [1.29, 1.82) is 0 Å². The van der Waals surface area contributed by atoms with Crippen molar-refractivity contribution in [2.75, 3.05) is 6.54 Å². The van der Waals surface area contributed by atoms with E-state index in [0.29, 0.717) is 19.0 Å². The van der Waals surface area contributed by atoms with E-state index in [0.717, 1.165) is 6.42 Å². The van der Waals surface area contributed by atoms with Crippen LogP contribution in [-0.4, -0.2) is 23.4 Å². The third kappa shape index (κ3) is 4.67. The van der Waals surface area contributed by atoms with E-state index in [1.54, 1.807) is 0 Å². The minimum Gasteiger partial charge on any atom is -0.337 e. The van der Waals surface area contributed by atoms with Crippen molar-refractivity contribution in [1.82, 2.24) is 4.90 Å². The normalized spacial score (nSPS) is 12.5. The molecule has 1 aromatic carbocycles. The molecule has 1 amide bonds. The third-order valence-electron chi connectivity index (χ3n) is 3.36. The van der Waals surface area contributed by atoms with Gasteiger partial charge in [0, 0.05) is 13.1 Å². The summed E-state index contributed by atoms with van der Waals surface area (Å²) in [6.07, 6.45) is 0.739. The number of carbonyl (C=O) groups is 1. The second-order valence-electron chi connectivity index (χ2n) is 5.51. The van der Waals surface area contributed by atoms with Crippen LogP contribution in [0.5, 0.6) is 0 Å². The summed E-state index contributed by atoms with van der Waals surface area (Å²) in [6, 6.07) is 7.78. The molecule has 1 atom stereocenters. The average Bonchev–Trinajstić information content (AvgIpc) is 2.36. The van der Waals surface area contributed by atoms with Crippen LogP contribution in [-0.2, 0) is 11.3 Å². The molecule has 1 aromatic rings. The van der Waals surface area contributed by atoms with Gasteiger partial charge in [0.2, 0.25) is 5.91 Å². The van der Waals surface area contributed by atoms with Gasteiger partial charge in [-0.2, -0.15) is 0 Å². The fourth-order valence-corrected chi connectivity index (χ4v) is 2.18. The Morgan fingerprint density at radius 1 is 1.32 bits per heavy atom. The molecule has 0 aliphatic rings. The van der Waals surface area contributed by atoms with E-state index >= 15 is 0 Å². The molecular weight excluding hydrogens is 236 g/mol. The highest BCUT2D eigenvalue weighted by Gasteiger charge is 2.21. The lowest BCUT2D eigenvalue weighted by atomic mass is 10.0. The second kappa shape index (κ2) is 7.29. The summed E-state index contributed by atoms with van der Waals surface area (Å²) in [5, 5.41) is 0. The summed E-state index contributed by atoms with van der Waals surface area (Å²) < 4.78 is 0. The largest absolute Gasteiger partial charge is 0.337 e. The van der Waals surface area contributed by atoms with Crippen molar-refractivity contribution >= 4 is 5.91 Å².